The first-order chi connectivity index (χ1) is 9.97. The van der Waals surface area contributed by atoms with Gasteiger partial charge in [-0.15, -0.1) is 0 Å². The number of rotatable bonds is 3. The van der Waals surface area contributed by atoms with Crippen molar-refractivity contribution in [1.29, 1.82) is 0 Å². The monoisotopic (exact) mass is 311 g/mol. The van der Waals surface area contributed by atoms with E-state index in [1.54, 1.807) is 23.1 Å². The third-order valence-electron chi connectivity index (χ3n) is 3.80. The highest BCUT2D eigenvalue weighted by Gasteiger charge is 2.38. The number of likely N-dealkylation sites (tertiary alicyclic amines) is 1. The zero-order valence-corrected chi connectivity index (χ0v) is 13.0. The zero-order valence-electron chi connectivity index (χ0n) is 12.3. The van der Waals surface area contributed by atoms with E-state index in [-0.39, 0.29) is 23.7 Å². The highest BCUT2D eigenvalue weighted by Crippen LogP contribution is 2.29. The van der Waals surface area contributed by atoms with E-state index in [1.165, 1.54) is 14.2 Å². The Bertz CT molecular complexity index is 561. The maximum Gasteiger partial charge on any atom is 0.310 e. The van der Waals surface area contributed by atoms with Crippen molar-refractivity contribution in [3.63, 3.8) is 0 Å². The van der Waals surface area contributed by atoms with Gasteiger partial charge in [-0.05, 0) is 24.1 Å². The molecule has 0 bridgehead atoms. The van der Waals surface area contributed by atoms with Gasteiger partial charge in [0.25, 0.3) is 5.91 Å². The van der Waals surface area contributed by atoms with Crippen molar-refractivity contribution in [2.75, 3.05) is 27.3 Å². The first-order valence-electron chi connectivity index (χ1n) is 6.68. The van der Waals surface area contributed by atoms with Crippen LogP contribution in [0.4, 0.5) is 0 Å². The summed E-state index contributed by atoms with van der Waals surface area (Å²) in [5, 5.41) is 0.468. The zero-order chi connectivity index (χ0) is 15.6. The summed E-state index contributed by atoms with van der Waals surface area (Å²) in [5.74, 6) is -0.224. The van der Waals surface area contributed by atoms with Crippen LogP contribution in [0.15, 0.2) is 18.2 Å². The number of carbonyl (C=O) groups excluding carboxylic acids is 2. The first kappa shape index (κ1) is 15.6. The molecule has 114 valence electrons. The topological polar surface area (TPSA) is 55.8 Å². The second kappa shape index (κ2) is 6.35. The number of methoxy groups -OCH3 is 2. The average Bonchev–Trinajstić information content (AvgIpc) is 2.87. The molecule has 5 nitrogen and oxygen atoms in total. The van der Waals surface area contributed by atoms with Crippen molar-refractivity contribution in [2.24, 2.45) is 11.8 Å². The molecule has 2 atom stereocenters. The van der Waals surface area contributed by atoms with Gasteiger partial charge in [0.05, 0.1) is 25.7 Å². The quantitative estimate of drug-likeness (QED) is 0.803. The van der Waals surface area contributed by atoms with Gasteiger partial charge in [0.2, 0.25) is 0 Å². The maximum atomic E-state index is 12.6. The van der Waals surface area contributed by atoms with E-state index in [2.05, 4.69) is 0 Å². The van der Waals surface area contributed by atoms with Crippen molar-refractivity contribution < 1.29 is 19.1 Å². The molecule has 1 heterocycles. The van der Waals surface area contributed by atoms with E-state index in [9.17, 15) is 9.59 Å². The summed E-state index contributed by atoms with van der Waals surface area (Å²) in [6, 6.07) is 4.91. The molecule has 0 spiro atoms. The Balaban J connectivity index is 2.22. The molecule has 1 fully saturated rings. The van der Waals surface area contributed by atoms with Crippen LogP contribution in [0.3, 0.4) is 0 Å². The number of nitrogens with zero attached hydrogens (tertiary/aromatic N) is 1. The summed E-state index contributed by atoms with van der Waals surface area (Å²) < 4.78 is 9.99. The number of hydrogen-bond acceptors (Lipinski definition) is 4. The fourth-order valence-corrected chi connectivity index (χ4v) is 2.78. The molecule has 1 amide bonds. The summed E-state index contributed by atoms with van der Waals surface area (Å²) in [6.07, 6.45) is 0. The first-order valence-corrected chi connectivity index (χ1v) is 7.06. The van der Waals surface area contributed by atoms with Crippen LogP contribution in [-0.4, -0.2) is 44.1 Å². The van der Waals surface area contributed by atoms with Gasteiger partial charge in [-0.3, -0.25) is 9.59 Å². The molecular formula is C15H18ClNO4. The molecule has 0 saturated carbocycles. The number of benzene rings is 1. The van der Waals surface area contributed by atoms with Crippen LogP contribution < -0.4 is 4.74 Å². The Labute approximate surface area is 128 Å². The van der Waals surface area contributed by atoms with Crippen LogP contribution in [0.2, 0.25) is 5.02 Å². The molecule has 0 aromatic heterocycles. The standard InChI is InChI=1S/C15H18ClNO4/c1-9-7-17(8-12(9)15(19)21-3)14(18)11-6-10(16)4-5-13(11)20-2/h4-6,9,12H,7-8H2,1-3H3. The third kappa shape index (κ3) is 3.13. The largest absolute Gasteiger partial charge is 0.496 e. The summed E-state index contributed by atoms with van der Waals surface area (Å²) in [5.41, 5.74) is 0.405. The highest BCUT2D eigenvalue weighted by atomic mass is 35.5. The molecule has 2 rings (SSSR count). The molecule has 21 heavy (non-hydrogen) atoms. The minimum atomic E-state index is -0.288. The Morgan fingerprint density at radius 3 is 2.62 bits per heavy atom. The fraction of sp³-hybridized carbons (Fsp3) is 0.467. The molecule has 0 N–H and O–H groups in total. The second-order valence-electron chi connectivity index (χ2n) is 5.16. The molecule has 1 aromatic carbocycles. The van der Waals surface area contributed by atoms with Crippen LogP contribution in [0, 0.1) is 11.8 Å². The third-order valence-corrected chi connectivity index (χ3v) is 4.03. The van der Waals surface area contributed by atoms with Crippen molar-refractivity contribution in [2.45, 2.75) is 6.92 Å². The lowest BCUT2D eigenvalue weighted by Gasteiger charge is -2.18. The van der Waals surface area contributed by atoms with Crippen molar-refractivity contribution in [1.82, 2.24) is 4.90 Å². The number of esters is 1. The van der Waals surface area contributed by atoms with E-state index in [4.69, 9.17) is 21.1 Å². The fourth-order valence-electron chi connectivity index (χ4n) is 2.61. The van der Waals surface area contributed by atoms with Gasteiger partial charge in [-0.2, -0.15) is 0 Å². The van der Waals surface area contributed by atoms with Crippen LogP contribution in [0.25, 0.3) is 0 Å². The van der Waals surface area contributed by atoms with Gasteiger partial charge < -0.3 is 14.4 Å². The predicted molar refractivity (Wildman–Crippen MR) is 78.6 cm³/mol. The lowest BCUT2D eigenvalue weighted by atomic mass is 9.99. The molecule has 2 unspecified atom stereocenters. The van der Waals surface area contributed by atoms with E-state index in [0.717, 1.165) is 0 Å². The summed E-state index contributed by atoms with van der Waals surface area (Å²) >= 11 is 5.95. The van der Waals surface area contributed by atoms with Gasteiger partial charge in [-0.25, -0.2) is 0 Å². The van der Waals surface area contributed by atoms with E-state index in [1.807, 2.05) is 6.92 Å². The predicted octanol–water partition coefficient (Wildman–Crippen LogP) is 2.23. The summed E-state index contributed by atoms with van der Waals surface area (Å²) in [6.45, 7) is 2.79. The Kier molecular flexibility index (Phi) is 4.73. The molecule has 1 aromatic rings. The SMILES string of the molecule is COC(=O)C1CN(C(=O)c2cc(Cl)ccc2OC)CC1C. The second-order valence-corrected chi connectivity index (χ2v) is 5.60. The molecule has 0 radical (unpaired) electrons. The molecular weight excluding hydrogens is 294 g/mol. The van der Waals surface area contributed by atoms with Crippen LogP contribution in [0.5, 0.6) is 5.75 Å². The van der Waals surface area contributed by atoms with Crippen molar-refractivity contribution >= 4 is 23.5 Å². The lowest BCUT2D eigenvalue weighted by molar-refractivity contribution is -0.146. The average molecular weight is 312 g/mol. The minimum Gasteiger partial charge on any atom is -0.496 e. The van der Waals surface area contributed by atoms with Crippen LogP contribution in [-0.2, 0) is 9.53 Å². The van der Waals surface area contributed by atoms with Gasteiger partial charge >= 0.3 is 5.97 Å². The van der Waals surface area contributed by atoms with Crippen LogP contribution in [0.1, 0.15) is 17.3 Å². The van der Waals surface area contributed by atoms with Crippen LogP contribution >= 0.6 is 11.6 Å². The van der Waals surface area contributed by atoms with Crippen molar-refractivity contribution in [3.8, 4) is 5.75 Å². The Morgan fingerprint density at radius 2 is 2.00 bits per heavy atom. The van der Waals surface area contributed by atoms with Gasteiger partial charge in [0.15, 0.2) is 0 Å². The van der Waals surface area contributed by atoms with Gasteiger partial charge in [0, 0.05) is 18.1 Å². The van der Waals surface area contributed by atoms with Gasteiger partial charge in [0.1, 0.15) is 5.75 Å². The number of halogens is 1. The van der Waals surface area contributed by atoms with Crippen molar-refractivity contribution in [3.05, 3.63) is 28.8 Å². The normalized spacial score (nSPS) is 21.2. The molecule has 1 aliphatic heterocycles. The van der Waals surface area contributed by atoms with E-state index < -0.39 is 0 Å². The molecule has 1 saturated heterocycles. The van der Waals surface area contributed by atoms with E-state index >= 15 is 0 Å². The summed E-state index contributed by atoms with van der Waals surface area (Å²) in [7, 11) is 2.86. The highest BCUT2D eigenvalue weighted by molar-refractivity contribution is 6.31. The summed E-state index contributed by atoms with van der Waals surface area (Å²) in [4.78, 5) is 26.0. The lowest BCUT2D eigenvalue weighted by Crippen LogP contribution is -2.30. The number of amides is 1. The number of carbonyl (C=O) groups is 2. The maximum absolute atomic E-state index is 12.6. The number of ether oxygens (including phenoxy) is 2. The molecule has 6 heteroatoms. The van der Waals surface area contributed by atoms with E-state index in [0.29, 0.717) is 29.4 Å². The Hall–Kier alpha value is -1.75. The Morgan fingerprint density at radius 1 is 1.29 bits per heavy atom. The smallest absolute Gasteiger partial charge is 0.310 e. The molecule has 0 aliphatic carbocycles. The number of hydrogen-bond donors (Lipinski definition) is 0. The molecule has 1 aliphatic rings. The van der Waals surface area contributed by atoms with Gasteiger partial charge in [-0.1, -0.05) is 18.5 Å². The minimum absolute atomic E-state index is 0.0616.